The Kier molecular flexibility index (Phi) is 13.4. The molecule has 4 saturated heterocycles. The molecule has 4 fully saturated rings. The zero-order valence-electron chi connectivity index (χ0n) is 33.3. The highest BCUT2D eigenvalue weighted by atomic mass is 19.3. The third-order valence-electron chi connectivity index (χ3n) is 11.0. The van der Waals surface area contributed by atoms with Crippen LogP contribution in [-0.2, 0) is 39.9 Å². The van der Waals surface area contributed by atoms with Gasteiger partial charge in [-0.05, 0) is 81.2 Å². The minimum atomic E-state index is -3.41. The summed E-state index contributed by atoms with van der Waals surface area (Å²) in [5, 5.41) is 10.6. The van der Waals surface area contributed by atoms with Gasteiger partial charge in [0.15, 0.2) is 0 Å². The molecular formula is C41H51F2N7O9. The summed E-state index contributed by atoms with van der Waals surface area (Å²) in [5.74, 6) is -3.94. The lowest BCUT2D eigenvalue weighted by Crippen LogP contribution is -2.62. The van der Waals surface area contributed by atoms with Crippen molar-refractivity contribution in [3.05, 3.63) is 60.2 Å². The zero-order valence-corrected chi connectivity index (χ0v) is 33.3. The van der Waals surface area contributed by atoms with Gasteiger partial charge in [-0.25, -0.2) is 9.59 Å². The van der Waals surface area contributed by atoms with Gasteiger partial charge in [0, 0.05) is 38.7 Å². The topological polar surface area (TPSA) is 196 Å². The van der Waals surface area contributed by atoms with Crippen molar-refractivity contribution in [3.63, 3.8) is 0 Å². The minimum absolute atomic E-state index is 0.0302. The first-order valence-corrected chi connectivity index (χ1v) is 20.0. The van der Waals surface area contributed by atoms with Crippen LogP contribution in [0.5, 0.6) is 5.75 Å². The number of nitrogens with one attached hydrogen (secondary N) is 4. The smallest absolute Gasteiger partial charge is 0.394 e. The van der Waals surface area contributed by atoms with Crippen molar-refractivity contribution < 1.29 is 51.8 Å². The fourth-order valence-corrected chi connectivity index (χ4v) is 8.19. The molecule has 0 spiro atoms. The van der Waals surface area contributed by atoms with Crippen LogP contribution in [0.2, 0.25) is 0 Å². The molecule has 0 unspecified atom stereocenters. The number of nitrogens with zero attached hydrogens (tertiary/aromatic N) is 3. The molecule has 4 aliphatic rings. The van der Waals surface area contributed by atoms with E-state index in [1.165, 1.54) is 45.9 Å². The predicted octanol–water partition coefficient (Wildman–Crippen LogP) is 2.57. The predicted molar refractivity (Wildman–Crippen MR) is 208 cm³/mol. The van der Waals surface area contributed by atoms with E-state index in [-0.39, 0.29) is 49.8 Å². The number of cyclic esters (lactones) is 1. The fraction of sp³-hybridized carbons (Fsp3) is 0.537. The van der Waals surface area contributed by atoms with Crippen molar-refractivity contribution in [2.75, 3.05) is 31.6 Å². The second-order valence-corrected chi connectivity index (χ2v) is 15.8. The van der Waals surface area contributed by atoms with Crippen molar-refractivity contribution >= 4 is 47.2 Å². The van der Waals surface area contributed by atoms with Crippen molar-refractivity contribution in [1.82, 2.24) is 30.7 Å². The maximum Gasteiger partial charge on any atom is 0.394 e. The summed E-state index contributed by atoms with van der Waals surface area (Å²) in [6.07, 6.45) is -0.719. The molecular weight excluding hydrogens is 772 g/mol. The largest absolute Gasteiger partial charge is 0.461 e. The van der Waals surface area contributed by atoms with Crippen molar-refractivity contribution in [1.29, 1.82) is 0 Å². The van der Waals surface area contributed by atoms with Gasteiger partial charge in [-0.15, -0.1) is 0 Å². The quantitative estimate of drug-likeness (QED) is 0.290. The molecule has 7 atom stereocenters. The summed E-state index contributed by atoms with van der Waals surface area (Å²) in [7, 11) is 0. The van der Waals surface area contributed by atoms with Gasteiger partial charge < -0.3 is 45.4 Å². The summed E-state index contributed by atoms with van der Waals surface area (Å²) in [6.45, 7) is 4.03. The summed E-state index contributed by atoms with van der Waals surface area (Å²) in [5.41, 5.74) is 0.861. The average Bonchev–Trinajstić information content (AvgIpc) is 3.86. The van der Waals surface area contributed by atoms with E-state index in [4.69, 9.17) is 4.74 Å². The number of hydrogen-bond acceptors (Lipinski definition) is 9. The molecule has 4 aliphatic heterocycles. The molecule has 0 radical (unpaired) electrons. The number of benzene rings is 2. The Morgan fingerprint density at radius 1 is 0.864 bits per heavy atom. The molecule has 16 nitrogen and oxygen atoms in total. The third-order valence-corrected chi connectivity index (χ3v) is 11.0. The number of ether oxygens (including phenoxy) is 2. The number of carbonyl (C=O) groups is 7. The summed E-state index contributed by atoms with van der Waals surface area (Å²) >= 11 is 0. The number of halogens is 2. The van der Waals surface area contributed by atoms with Gasteiger partial charge in [0.05, 0.1) is 0 Å². The molecule has 4 N–H and O–H groups in total. The van der Waals surface area contributed by atoms with E-state index in [1.54, 1.807) is 30.3 Å². The van der Waals surface area contributed by atoms with Crippen molar-refractivity contribution in [2.24, 2.45) is 5.92 Å². The molecule has 318 valence electrons. The standard InChI is InChI=1S/C41H51F2N7O9/c1-24-20-33-39(56)58-23-30(37(54)49-19-9-13-32(49)38(55)48-18-8-7-12-31(48)35(52)44-25(2)36(53)50(33)22-24)46-34(51)29(21-26-10-5-4-6-11-26)47-40(57)45-27-14-16-28(17-15-27)59-41(3,42)43/h4-6,10-11,14-17,24-25,29-33H,7-9,12-13,18-23H2,1-3H3,(H,44,52)(H,46,51)(H2,45,47,57)/t24-,25+,29+,30+,31+,32+,33+/m1/s1. The van der Waals surface area contributed by atoms with Gasteiger partial charge in [-0.2, -0.15) is 8.78 Å². The number of piperidine rings is 1. The fourth-order valence-electron chi connectivity index (χ4n) is 8.19. The van der Waals surface area contributed by atoms with E-state index in [9.17, 15) is 42.3 Å². The monoisotopic (exact) mass is 823 g/mol. The number of amides is 7. The number of rotatable bonds is 8. The second-order valence-electron chi connectivity index (χ2n) is 15.8. The molecule has 0 saturated carbocycles. The molecule has 2 aromatic rings. The van der Waals surface area contributed by atoms with E-state index in [1.807, 2.05) is 6.92 Å². The minimum Gasteiger partial charge on any atom is -0.461 e. The molecule has 0 bridgehead atoms. The van der Waals surface area contributed by atoms with Crippen LogP contribution in [0.25, 0.3) is 0 Å². The van der Waals surface area contributed by atoms with Crippen LogP contribution in [0.1, 0.15) is 64.9 Å². The molecule has 4 heterocycles. The van der Waals surface area contributed by atoms with Crippen LogP contribution in [0, 0.1) is 5.92 Å². The third kappa shape index (κ3) is 10.6. The zero-order chi connectivity index (χ0) is 42.4. The van der Waals surface area contributed by atoms with Gasteiger partial charge in [0.25, 0.3) is 0 Å². The van der Waals surface area contributed by atoms with Crippen LogP contribution in [0.4, 0.5) is 19.3 Å². The maximum atomic E-state index is 14.5. The first kappa shape index (κ1) is 42.8. The molecule has 2 aromatic carbocycles. The highest BCUT2D eigenvalue weighted by Crippen LogP contribution is 2.28. The number of esters is 1. The van der Waals surface area contributed by atoms with Crippen molar-refractivity contribution in [2.45, 2.75) is 108 Å². The number of fused-ring (bicyclic) bond motifs is 3. The molecule has 59 heavy (non-hydrogen) atoms. The van der Waals surface area contributed by atoms with Gasteiger partial charge in [0.2, 0.25) is 29.5 Å². The number of alkyl halides is 2. The molecule has 7 amide bonds. The van der Waals surface area contributed by atoms with Crippen LogP contribution in [-0.4, -0.2) is 125 Å². The Bertz CT molecular complexity index is 1900. The molecule has 0 aliphatic carbocycles. The van der Waals surface area contributed by atoms with E-state index in [2.05, 4.69) is 26.0 Å². The van der Waals surface area contributed by atoms with E-state index in [0.29, 0.717) is 44.6 Å². The number of urea groups is 1. The van der Waals surface area contributed by atoms with Crippen molar-refractivity contribution in [3.8, 4) is 5.75 Å². The Morgan fingerprint density at radius 3 is 2.25 bits per heavy atom. The molecule has 18 heteroatoms. The van der Waals surface area contributed by atoms with E-state index >= 15 is 0 Å². The van der Waals surface area contributed by atoms with Gasteiger partial charge in [-0.1, -0.05) is 37.3 Å². The first-order chi connectivity index (χ1) is 28.1. The lowest BCUT2D eigenvalue weighted by molar-refractivity contribution is -0.159. The average molecular weight is 824 g/mol. The van der Waals surface area contributed by atoms with Crippen LogP contribution in [0.3, 0.4) is 0 Å². The molecule has 0 aromatic heterocycles. The Hall–Kier alpha value is -5.81. The Balaban J connectivity index is 1.27. The lowest BCUT2D eigenvalue weighted by atomic mass is 9.99. The Labute approximate surface area is 340 Å². The Morgan fingerprint density at radius 2 is 1.54 bits per heavy atom. The highest BCUT2D eigenvalue weighted by Gasteiger charge is 2.46. The SMILES string of the molecule is C[C@@H]1C[C@H]2C(=O)OC[C@H](NC(=O)[C@H](Cc3ccccc3)NC(=O)Nc3ccc(OC(C)(F)F)cc3)C(=O)N3CCC[C@H]3C(=O)N3CCCC[C@H]3C(=O)N[C@@H](C)C(=O)N2C1. The number of hydrogen-bond donors (Lipinski definition) is 4. The first-order valence-electron chi connectivity index (χ1n) is 20.0. The summed E-state index contributed by atoms with van der Waals surface area (Å²) < 4.78 is 36.9. The van der Waals surface area contributed by atoms with Crippen LogP contribution >= 0.6 is 0 Å². The highest BCUT2D eigenvalue weighted by molar-refractivity contribution is 5.98. The summed E-state index contributed by atoms with van der Waals surface area (Å²) in [6, 6.07) is 6.43. The van der Waals surface area contributed by atoms with E-state index < -0.39 is 90.5 Å². The van der Waals surface area contributed by atoms with Crippen LogP contribution in [0.15, 0.2) is 54.6 Å². The number of carbonyl (C=O) groups excluding carboxylic acids is 7. The molecule has 6 rings (SSSR count). The van der Waals surface area contributed by atoms with Gasteiger partial charge in [0.1, 0.15) is 48.6 Å². The number of anilines is 1. The van der Waals surface area contributed by atoms with Gasteiger partial charge in [-0.3, -0.25) is 24.0 Å². The second kappa shape index (κ2) is 18.4. The van der Waals surface area contributed by atoms with Crippen LogP contribution < -0.4 is 26.0 Å². The van der Waals surface area contributed by atoms with Gasteiger partial charge >= 0.3 is 18.1 Å². The summed E-state index contributed by atoms with van der Waals surface area (Å²) in [4.78, 5) is 102. The maximum absolute atomic E-state index is 14.5. The lowest BCUT2D eigenvalue weighted by Gasteiger charge is -2.39. The normalized spacial score (nSPS) is 26.2. The van der Waals surface area contributed by atoms with E-state index in [0.717, 1.165) is 0 Å².